The molecule has 5 heteroatoms. The zero-order chi connectivity index (χ0) is 12.6. The Bertz CT molecular complexity index is 294. The smallest absolute Gasteiger partial charge is 0.254 e. The van der Waals surface area contributed by atoms with E-state index in [0.29, 0.717) is 13.1 Å². The lowest BCUT2D eigenvalue weighted by Gasteiger charge is -2.30. The molecule has 0 unspecified atom stereocenters. The fourth-order valence-electron chi connectivity index (χ4n) is 1.15. The lowest BCUT2D eigenvalue weighted by molar-refractivity contribution is -0.150. The van der Waals surface area contributed by atoms with Crippen molar-refractivity contribution in [3.63, 3.8) is 0 Å². The van der Waals surface area contributed by atoms with Crippen LogP contribution >= 0.6 is 0 Å². The summed E-state index contributed by atoms with van der Waals surface area (Å²) in [6.45, 7) is 4.01. The quantitative estimate of drug-likeness (QED) is 0.674. The summed E-state index contributed by atoms with van der Waals surface area (Å²) < 4.78 is 5.08. The molecule has 0 aliphatic rings. The van der Waals surface area contributed by atoms with E-state index >= 15 is 0 Å². The first kappa shape index (κ1) is 14.4. The van der Waals surface area contributed by atoms with Gasteiger partial charge in [-0.3, -0.25) is 4.79 Å². The number of ether oxygens (including phenoxy) is 1. The molecule has 0 aromatic carbocycles. The third-order valence-electron chi connectivity index (χ3n) is 2.30. The van der Waals surface area contributed by atoms with E-state index in [1.54, 1.807) is 13.8 Å². The number of nitrogens with zero attached hydrogens (tertiary/aromatic N) is 3. The van der Waals surface area contributed by atoms with Crippen molar-refractivity contribution in [3.8, 4) is 12.1 Å². The van der Waals surface area contributed by atoms with Crippen molar-refractivity contribution < 1.29 is 9.53 Å². The van der Waals surface area contributed by atoms with E-state index in [2.05, 4.69) is 0 Å². The number of amides is 1. The normalized spacial score (nSPS) is 10.3. The summed E-state index contributed by atoms with van der Waals surface area (Å²) in [5.41, 5.74) is -0.912. The summed E-state index contributed by atoms with van der Waals surface area (Å²) in [5.74, 6) is -0.194. The molecular formula is C11H17N3O2. The molecule has 0 aromatic rings. The predicted octanol–water partition coefficient (Wildman–Crippen LogP) is 1.07. The molecule has 0 N–H and O–H groups in total. The van der Waals surface area contributed by atoms with Crippen molar-refractivity contribution in [1.29, 1.82) is 10.5 Å². The zero-order valence-electron chi connectivity index (χ0n) is 9.99. The third kappa shape index (κ3) is 4.29. The van der Waals surface area contributed by atoms with Gasteiger partial charge in [-0.2, -0.15) is 10.5 Å². The van der Waals surface area contributed by atoms with E-state index in [1.807, 2.05) is 12.1 Å². The van der Waals surface area contributed by atoms with Crippen LogP contribution in [0.5, 0.6) is 0 Å². The maximum Gasteiger partial charge on any atom is 0.254 e. The van der Waals surface area contributed by atoms with E-state index in [0.717, 1.165) is 0 Å². The molecule has 88 valence electrons. The first-order valence-electron chi connectivity index (χ1n) is 5.08. The fraction of sp³-hybridized carbons (Fsp3) is 0.727. The predicted molar refractivity (Wildman–Crippen MR) is 58.1 cm³/mol. The van der Waals surface area contributed by atoms with Gasteiger partial charge in [0.25, 0.3) is 5.91 Å². The Labute approximate surface area is 96.2 Å². The molecule has 5 nitrogen and oxygen atoms in total. The van der Waals surface area contributed by atoms with Crippen LogP contribution in [-0.4, -0.2) is 36.6 Å². The Morgan fingerprint density at radius 3 is 2.00 bits per heavy atom. The van der Waals surface area contributed by atoms with E-state index in [4.69, 9.17) is 15.3 Å². The number of nitriles is 2. The highest BCUT2D eigenvalue weighted by molar-refractivity contribution is 5.84. The molecule has 1 amide bonds. The van der Waals surface area contributed by atoms with Crippen LogP contribution in [0.15, 0.2) is 0 Å². The Kier molecular flexibility index (Phi) is 6.14. The lowest BCUT2D eigenvalue weighted by Crippen LogP contribution is -2.47. The first-order valence-corrected chi connectivity index (χ1v) is 5.08. The minimum atomic E-state index is -0.912. The minimum absolute atomic E-state index is 0.194. The summed E-state index contributed by atoms with van der Waals surface area (Å²) in [6.07, 6.45) is 0.522. The van der Waals surface area contributed by atoms with Gasteiger partial charge in [0.2, 0.25) is 0 Å². The Morgan fingerprint density at radius 2 is 1.69 bits per heavy atom. The highest BCUT2D eigenvalue weighted by Gasteiger charge is 2.31. The molecule has 0 aliphatic carbocycles. The Balaban J connectivity index is 4.57. The second kappa shape index (κ2) is 6.81. The zero-order valence-corrected chi connectivity index (χ0v) is 9.99. The van der Waals surface area contributed by atoms with Gasteiger partial charge in [0.15, 0.2) is 0 Å². The summed E-state index contributed by atoms with van der Waals surface area (Å²) in [5, 5.41) is 17.0. The maximum atomic E-state index is 12.0. The van der Waals surface area contributed by atoms with Gasteiger partial charge >= 0.3 is 0 Å². The third-order valence-corrected chi connectivity index (χ3v) is 2.30. The van der Waals surface area contributed by atoms with E-state index in [9.17, 15) is 4.79 Å². The van der Waals surface area contributed by atoms with Gasteiger partial charge in [-0.25, -0.2) is 0 Å². The number of methoxy groups -OCH3 is 1. The first-order chi connectivity index (χ1) is 7.49. The standard InChI is InChI=1S/C11H17N3O2/c1-11(2,16-3)10(15)14(8-4-6-12)9-5-7-13/h4-5,8-9H2,1-3H3. The van der Waals surface area contributed by atoms with Gasteiger partial charge in [-0.1, -0.05) is 0 Å². The molecule has 0 saturated carbocycles. The monoisotopic (exact) mass is 223 g/mol. The fourth-order valence-corrected chi connectivity index (χ4v) is 1.15. The average molecular weight is 223 g/mol. The van der Waals surface area contributed by atoms with E-state index < -0.39 is 5.60 Å². The minimum Gasteiger partial charge on any atom is -0.369 e. The molecule has 0 fully saturated rings. The van der Waals surface area contributed by atoms with Crippen LogP contribution in [0.1, 0.15) is 26.7 Å². The summed E-state index contributed by atoms with van der Waals surface area (Å²) >= 11 is 0. The highest BCUT2D eigenvalue weighted by atomic mass is 16.5. The molecule has 0 aliphatic heterocycles. The SMILES string of the molecule is COC(C)(C)C(=O)N(CCC#N)CCC#N. The molecule has 0 radical (unpaired) electrons. The molecule has 16 heavy (non-hydrogen) atoms. The second-order valence-corrected chi connectivity index (χ2v) is 3.82. The Morgan fingerprint density at radius 1 is 1.25 bits per heavy atom. The number of carbonyl (C=O) groups is 1. The number of hydrogen-bond donors (Lipinski definition) is 0. The summed E-state index contributed by atoms with van der Waals surface area (Å²) in [4.78, 5) is 13.5. The van der Waals surface area contributed by atoms with Crippen molar-refractivity contribution in [2.75, 3.05) is 20.2 Å². The van der Waals surface area contributed by atoms with Crippen LogP contribution in [0.25, 0.3) is 0 Å². The summed E-state index contributed by atoms with van der Waals surface area (Å²) in [6, 6.07) is 3.96. The van der Waals surface area contributed by atoms with Crippen molar-refractivity contribution in [2.45, 2.75) is 32.3 Å². The highest BCUT2D eigenvalue weighted by Crippen LogP contribution is 2.13. The second-order valence-electron chi connectivity index (χ2n) is 3.82. The van der Waals surface area contributed by atoms with Crippen molar-refractivity contribution in [2.24, 2.45) is 0 Å². The molecule has 0 rings (SSSR count). The molecule has 0 saturated heterocycles. The van der Waals surface area contributed by atoms with Gasteiger partial charge in [-0.15, -0.1) is 0 Å². The lowest BCUT2D eigenvalue weighted by atomic mass is 10.1. The van der Waals surface area contributed by atoms with E-state index in [1.165, 1.54) is 12.0 Å². The Hall–Kier alpha value is -1.59. The molecule has 0 bridgehead atoms. The van der Waals surface area contributed by atoms with E-state index in [-0.39, 0.29) is 18.7 Å². The van der Waals surface area contributed by atoms with Crippen LogP contribution in [0.2, 0.25) is 0 Å². The van der Waals surface area contributed by atoms with Crippen LogP contribution in [0, 0.1) is 22.7 Å². The molecule has 0 atom stereocenters. The largest absolute Gasteiger partial charge is 0.369 e. The molecule has 0 aromatic heterocycles. The van der Waals surface area contributed by atoms with Crippen molar-refractivity contribution in [3.05, 3.63) is 0 Å². The number of carbonyl (C=O) groups excluding carboxylic acids is 1. The van der Waals surface area contributed by atoms with Gasteiger partial charge < -0.3 is 9.64 Å². The van der Waals surface area contributed by atoms with Crippen molar-refractivity contribution in [1.82, 2.24) is 4.90 Å². The van der Waals surface area contributed by atoms with Crippen LogP contribution in [0.4, 0.5) is 0 Å². The molecule has 0 heterocycles. The average Bonchev–Trinajstić information content (AvgIpc) is 2.28. The van der Waals surface area contributed by atoms with Crippen LogP contribution < -0.4 is 0 Å². The number of hydrogen-bond acceptors (Lipinski definition) is 4. The number of rotatable bonds is 6. The van der Waals surface area contributed by atoms with Gasteiger partial charge in [-0.05, 0) is 13.8 Å². The van der Waals surface area contributed by atoms with Gasteiger partial charge in [0, 0.05) is 20.2 Å². The maximum absolute atomic E-state index is 12.0. The topological polar surface area (TPSA) is 77.1 Å². The van der Waals surface area contributed by atoms with Crippen molar-refractivity contribution >= 4 is 5.91 Å². The summed E-state index contributed by atoms with van der Waals surface area (Å²) in [7, 11) is 1.46. The van der Waals surface area contributed by atoms with Crippen LogP contribution in [-0.2, 0) is 9.53 Å². The van der Waals surface area contributed by atoms with Gasteiger partial charge in [0.1, 0.15) is 5.60 Å². The van der Waals surface area contributed by atoms with Crippen LogP contribution in [0.3, 0.4) is 0 Å². The molecule has 0 spiro atoms. The van der Waals surface area contributed by atoms with Gasteiger partial charge in [0.05, 0.1) is 25.0 Å². The molecular weight excluding hydrogens is 206 g/mol.